The van der Waals surface area contributed by atoms with Crippen LogP contribution in [0.15, 0.2) is 48.5 Å². The minimum Gasteiger partial charge on any atom is -0.320 e. The molecule has 1 aliphatic heterocycles. The Labute approximate surface area is 192 Å². The van der Waals surface area contributed by atoms with Crippen LogP contribution in [0.2, 0.25) is 5.02 Å². The van der Waals surface area contributed by atoms with E-state index in [2.05, 4.69) is 17.1 Å². The number of amides is 2. The number of nitrogens with zero attached hydrogens (tertiary/aromatic N) is 2. The SMILES string of the molecule is CC1CCCCN1CCCN(Cc1ccc(Cl)cc1)C(=O)Nc1ccc(C(F)(F)F)cc1. The third-order valence-electron chi connectivity index (χ3n) is 5.85. The molecule has 0 spiro atoms. The van der Waals surface area contributed by atoms with Crippen molar-refractivity contribution in [3.8, 4) is 0 Å². The van der Waals surface area contributed by atoms with Crippen molar-refractivity contribution in [3.05, 3.63) is 64.7 Å². The molecule has 32 heavy (non-hydrogen) atoms. The van der Waals surface area contributed by atoms with Gasteiger partial charge in [0, 0.05) is 36.4 Å². The van der Waals surface area contributed by atoms with Crippen molar-refractivity contribution < 1.29 is 18.0 Å². The van der Waals surface area contributed by atoms with E-state index in [0.717, 1.165) is 37.2 Å². The Balaban J connectivity index is 1.64. The Kier molecular flexibility index (Phi) is 8.43. The standard InChI is InChI=1S/C24H29ClF3N3O/c1-18-5-2-3-14-30(18)15-4-16-31(17-19-6-10-21(25)11-7-19)23(32)29-22-12-8-20(9-13-22)24(26,27)28/h6-13,18H,2-5,14-17H2,1H3,(H,29,32). The molecule has 1 N–H and O–H groups in total. The van der Waals surface area contributed by atoms with Crippen molar-refractivity contribution in [2.45, 2.75) is 51.4 Å². The lowest BCUT2D eigenvalue weighted by Crippen LogP contribution is -2.40. The highest BCUT2D eigenvalue weighted by atomic mass is 35.5. The molecule has 1 saturated heterocycles. The molecule has 3 rings (SSSR count). The number of carbonyl (C=O) groups is 1. The summed E-state index contributed by atoms with van der Waals surface area (Å²) in [7, 11) is 0. The molecule has 2 amide bonds. The van der Waals surface area contributed by atoms with Gasteiger partial charge in [0.15, 0.2) is 0 Å². The average Bonchev–Trinajstić information content (AvgIpc) is 2.75. The Morgan fingerprint density at radius 2 is 1.81 bits per heavy atom. The second-order valence-electron chi connectivity index (χ2n) is 8.29. The van der Waals surface area contributed by atoms with Gasteiger partial charge in [0.2, 0.25) is 0 Å². The predicted molar refractivity (Wildman–Crippen MR) is 122 cm³/mol. The van der Waals surface area contributed by atoms with Crippen LogP contribution in [0.5, 0.6) is 0 Å². The molecule has 4 nitrogen and oxygen atoms in total. The van der Waals surface area contributed by atoms with Crippen LogP contribution >= 0.6 is 11.6 Å². The van der Waals surface area contributed by atoms with E-state index in [1.165, 1.54) is 31.4 Å². The fraction of sp³-hybridized carbons (Fsp3) is 0.458. The molecule has 0 aliphatic carbocycles. The molecule has 174 valence electrons. The summed E-state index contributed by atoms with van der Waals surface area (Å²) in [6.07, 6.45) is 0.0686. The maximum absolute atomic E-state index is 13.0. The van der Waals surface area contributed by atoms with Gasteiger partial charge in [-0.05, 0) is 74.7 Å². The van der Waals surface area contributed by atoms with E-state index < -0.39 is 11.7 Å². The summed E-state index contributed by atoms with van der Waals surface area (Å²) in [4.78, 5) is 17.1. The van der Waals surface area contributed by atoms with E-state index >= 15 is 0 Å². The van der Waals surface area contributed by atoms with Gasteiger partial charge < -0.3 is 15.1 Å². The molecule has 1 fully saturated rings. The van der Waals surface area contributed by atoms with Gasteiger partial charge in [-0.25, -0.2) is 4.79 Å². The number of hydrogen-bond acceptors (Lipinski definition) is 2. The van der Waals surface area contributed by atoms with Crippen molar-refractivity contribution >= 4 is 23.3 Å². The molecule has 1 aliphatic rings. The summed E-state index contributed by atoms with van der Waals surface area (Å²) in [6.45, 7) is 5.15. The lowest BCUT2D eigenvalue weighted by molar-refractivity contribution is -0.137. The third kappa shape index (κ3) is 7.14. The number of rotatable bonds is 7. The monoisotopic (exact) mass is 467 g/mol. The molecular formula is C24H29ClF3N3O. The zero-order valence-corrected chi connectivity index (χ0v) is 18.9. The van der Waals surface area contributed by atoms with Crippen LogP contribution in [0.25, 0.3) is 0 Å². The first-order valence-corrected chi connectivity index (χ1v) is 11.3. The second kappa shape index (κ2) is 11.1. The lowest BCUT2D eigenvalue weighted by Gasteiger charge is -2.34. The second-order valence-corrected chi connectivity index (χ2v) is 8.72. The first-order chi connectivity index (χ1) is 15.2. The minimum atomic E-state index is -4.41. The molecule has 0 aromatic heterocycles. The van der Waals surface area contributed by atoms with Crippen LogP contribution < -0.4 is 5.32 Å². The summed E-state index contributed by atoms with van der Waals surface area (Å²) in [5.41, 5.74) is 0.515. The van der Waals surface area contributed by atoms with Gasteiger partial charge in [-0.3, -0.25) is 0 Å². The van der Waals surface area contributed by atoms with Crippen molar-refractivity contribution in [2.24, 2.45) is 0 Å². The summed E-state index contributed by atoms with van der Waals surface area (Å²) < 4.78 is 38.4. The Bertz CT molecular complexity index is 872. The van der Waals surface area contributed by atoms with Crippen LogP contribution in [0.3, 0.4) is 0 Å². The topological polar surface area (TPSA) is 35.6 Å². The molecule has 1 atom stereocenters. The van der Waals surface area contributed by atoms with Crippen LogP contribution in [0, 0.1) is 0 Å². The summed E-state index contributed by atoms with van der Waals surface area (Å²) in [6, 6.07) is 12.0. The van der Waals surface area contributed by atoms with E-state index in [-0.39, 0.29) is 6.03 Å². The number of halogens is 4. The summed E-state index contributed by atoms with van der Waals surface area (Å²) in [5.74, 6) is 0. The van der Waals surface area contributed by atoms with Crippen LogP contribution in [0.1, 0.15) is 43.7 Å². The van der Waals surface area contributed by atoms with Crippen molar-refractivity contribution in [1.82, 2.24) is 9.80 Å². The Morgan fingerprint density at radius 1 is 1.12 bits per heavy atom. The average molecular weight is 468 g/mol. The number of urea groups is 1. The number of likely N-dealkylation sites (tertiary alicyclic amines) is 1. The molecule has 0 radical (unpaired) electrons. The van der Waals surface area contributed by atoms with Gasteiger partial charge in [-0.15, -0.1) is 0 Å². The van der Waals surface area contributed by atoms with Gasteiger partial charge in [-0.2, -0.15) is 13.2 Å². The van der Waals surface area contributed by atoms with Crippen LogP contribution in [0.4, 0.5) is 23.7 Å². The Morgan fingerprint density at radius 3 is 2.44 bits per heavy atom. The highest BCUT2D eigenvalue weighted by Crippen LogP contribution is 2.30. The van der Waals surface area contributed by atoms with Crippen LogP contribution in [-0.4, -0.2) is 41.5 Å². The van der Waals surface area contributed by atoms with Gasteiger partial charge in [0.05, 0.1) is 5.56 Å². The molecular weight excluding hydrogens is 439 g/mol. The molecule has 0 bridgehead atoms. The Hall–Kier alpha value is -2.25. The van der Waals surface area contributed by atoms with E-state index in [0.29, 0.717) is 29.8 Å². The lowest BCUT2D eigenvalue weighted by atomic mass is 10.0. The molecule has 2 aromatic rings. The van der Waals surface area contributed by atoms with Gasteiger partial charge in [0.1, 0.15) is 0 Å². The quantitative estimate of drug-likeness (QED) is 0.494. The van der Waals surface area contributed by atoms with E-state index in [1.54, 1.807) is 17.0 Å². The largest absolute Gasteiger partial charge is 0.416 e. The highest BCUT2D eigenvalue weighted by molar-refractivity contribution is 6.30. The molecule has 1 heterocycles. The first-order valence-electron chi connectivity index (χ1n) is 10.9. The van der Waals surface area contributed by atoms with E-state index in [4.69, 9.17) is 11.6 Å². The van der Waals surface area contributed by atoms with Crippen molar-refractivity contribution in [1.29, 1.82) is 0 Å². The summed E-state index contributed by atoms with van der Waals surface area (Å²) >= 11 is 5.97. The predicted octanol–water partition coefficient (Wildman–Crippen LogP) is 6.66. The number of carbonyl (C=O) groups excluding carboxylic acids is 1. The van der Waals surface area contributed by atoms with Gasteiger partial charge >= 0.3 is 12.2 Å². The molecule has 2 aromatic carbocycles. The molecule has 0 saturated carbocycles. The molecule has 8 heteroatoms. The summed E-state index contributed by atoms with van der Waals surface area (Å²) in [5, 5.41) is 3.35. The smallest absolute Gasteiger partial charge is 0.320 e. The van der Waals surface area contributed by atoms with E-state index in [9.17, 15) is 18.0 Å². The number of benzene rings is 2. The minimum absolute atomic E-state index is 0.328. The maximum Gasteiger partial charge on any atom is 0.416 e. The van der Waals surface area contributed by atoms with Crippen molar-refractivity contribution in [3.63, 3.8) is 0 Å². The van der Waals surface area contributed by atoms with E-state index in [1.807, 2.05) is 12.1 Å². The fourth-order valence-corrected chi connectivity index (χ4v) is 4.09. The number of hydrogen-bond donors (Lipinski definition) is 1. The zero-order chi connectivity index (χ0) is 23.1. The normalized spacial score (nSPS) is 17.2. The number of piperidine rings is 1. The first kappa shape index (κ1) is 24.4. The zero-order valence-electron chi connectivity index (χ0n) is 18.2. The number of alkyl halides is 3. The maximum atomic E-state index is 13.0. The van der Waals surface area contributed by atoms with Crippen LogP contribution in [-0.2, 0) is 12.7 Å². The third-order valence-corrected chi connectivity index (χ3v) is 6.10. The number of anilines is 1. The molecule has 1 unspecified atom stereocenters. The van der Waals surface area contributed by atoms with Gasteiger partial charge in [-0.1, -0.05) is 30.2 Å². The fourth-order valence-electron chi connectivity index (χ4n) is 3.96. The number of nitrogens with one attached hydrogen (secondary N) is 1. The highest BCUT2D eigenvalue weighted by Gasteiger charge is 2.30. The van der Waals surface area contributed by atoms with Crippen molar-refractivity contribution in [2.75, 3.05) is 25.0 Å². The van der Waals surface area contributed by atoms with Gasteiger partial charge in [0.25, 0.3) is 0 Å².